The zero-order valence-electron chi connectivity index (χ0n) is 14.5. The lowest BCUT2D eigenvalue weighted by Gasteiger charge is -2.13. The molecule has 0 aromatic carbocycles. The molecule has 0 aliphatic rings. The minimum Gasteiger partial charge on any atom is -0.383 e. The molecule has 2 aromatic rings. The summed E-state index contributed by atoms with van der Waals surface area (Å²) in [5.74, 6) is 0.430. The second kappa shape index (κ2) is 7.75. The molecule has 1 amide bonds. The quantitative estimate of drug-likeness (QED) is 0.790. The number of methoxy groups -OCH3 is 1. The van der Waals surface area contributed by atoms with Crippen molar-refractivity contribution in [1.82, 2.24) is 14.9 Å². The van der Waals surface area contributed by atoms with Crippen molar-refractivity contribution in [3.8, 4) is 11.4 Å². The van der Waals surface area contributed by atoms with Gasteiger partial charge in [-0.25, -0.2) is 4.98 Å². The van der Waals surface area contributed by atoms with Crippen molar-refractivity contribution in [3.63, 3.8) is 0 Å². The van der Waals surface area contributed by atoms with Crippen molar-refractivity contribution >= 4 is 17.2 Å². The predicted octanol–water partition coefficient (Wildman–Crippen LogP) is 3.26. The number of hydrogen-bond acceptors (Lipinski definition) is 4. The number of thiazole rings is 1. The average Bonchev–Trinajstić information content (AvgIpc) is 3.04. The van der Waals surface area contributed by atoms with E-state index in [1.54, 1.807) is 18.4 Å². The Morgan fingerprint density at radius 1 is 1.43 bits per heavy atom. The fourth-order valence-corrected chi connectivity index (χ4v) is 3.14. The lowest BCUT2D eigenvalue weighted by atomic mass is 10.2. The summed E-state index contributed by atoms with van der Waals surface area (Å²) in [6.45, 7) is 10.2. The number of carbonyl (C=O) groups excluding carboxylic acids is 1. The van der Waals surface area contributed by atoms with E-state index in [0.29, 0.717) is 24.6 Å². The minimum atomic E-state index is -0.0599. The number of hydrogen-bond donors (Lipinski definition) is 1. The van der Waals surface area contributed by atoms with E-state index in [4.69, 9.17) is 4.74 Å². The smallest absolute Gasteiger partial charge is 0.253 e. The van der Waals surface area contributed by atoms with Crippen LogP contribution in [-0.4, -0.2) is 35.7 Å². The lowest BCUT2D eigenvalue weighted by Crippen LogP contribution is -2.27. The topological polar surface area (TPSA) is 56.1 Å². The maximum atomic E-state index is 12.4. The summed E-state index contributed by atoms with van der Waals surface area (Å²) in [6, 6.07) is 1.95. The molecule has 6 heteroatoms. The van der Waals surface area contributed by atoms with E-state index in [9.17, 15) is 4.79 Å². The molecule has 2 heterocycles. The number of nitrogens with zero attached hydrogens (tertiary/aromatic N) is 2. The van der Waals surface area contributed by atoms with Crippen molar-refractivity contribution in [2.24, 2.45) is 5.92 Å². The zero-order chi connectivity index (χ0) is 17.0. The third-order valence-corrected chi connectivity index (χ3v) is 4.41. The molecule has 0 aliphatic heterocycles. The van der Waals surface area contributed by atoms with Crippen LogP contribution in [0, 0.1) is 19.8 Å². The Morgan fingerprint density at radius 2 is 2.17 bits per heavy atom. The summed E-state index contributed by atoms with van der Waals surface area (Å²) in [5.41, 5.74) is 3.64. The van der Waals surface area contributed by atoms with Gasteiger partial charge in [0.2, 0.25) is 0 Å². The van der Waals surface area contributed by atoms with E-state index >= 15 is 0 Å². The normalized spacial score (nSPS) is 11.2. The summed E-state index contributed by atoms with van der Waals surface area (Å²) < 4.78 is 7.18. The van der Waals surface area contributed by atoms with E-state index < -0.39 is 0 Å². The van der Waals surface area contributed by atoms with Crippen molar-refractivity contribution in [2.75, 3.05) is 20.3 Å². The summed E-state index contributed by atoms with van der Waals surface area (Å²) in [5, 5.41) is 5.97. The fourth-order valence-electron chi connectivity index (χ4n) is 2.53. The molecule has 2 rings (SSSR count). The van der Waals surface area contributed by atoms with Gasteiger partial charge in [-0.1, -0.05) is 13.8 Å². The van der Waals surface area contributed by atoms with E-state index in [1.165, 1.54) is 0 Å². The van der Waals surface area contributed by atoms with Crippen LogP contribution in [0.5, 0.6) is 0 Å². The summed E-state index contributed by atoms with van der Waals surface area (Å²) in [6.07, 6.45) is 0. The third-order valence-electron chi connectivity index (χ3n) is 3.63. The van der Waals surface area contributed by atoms with Crippen molar-refractivity contribution in [2.45, 2.75) is 34.2 Å². The first kappa shape index (κ1) is 17.7. The van der Waals surface area contributed by atoms with Crippen LogP contribution in [0.25, 0.3) is 11.4 Å². The monoisotopic (exact) mass is 335 g/mol. The fraction of sp³-hybridized carbons (Fsp3) is 0.529. The largest absolute Gasteiger partial charge is 0.383 e. The molecule has 0 radical (unpaired) electrons. The molecule has 23 heavy (non-hydrogen) atoms. The van der Waals surface area contributed by atoms with Gasteiger partial charge < -0.3 is 14.6 Å². The van der Waals surface area contributed by atoms with Crippen LogP contribution in [0.1, 0.15) is 34.9 Å². The SMILES string of the molecule is COCCNC(=O)c1cc(-c2csc(C)n2)n(CC(C)C)c1C. The second-order valence-corrected chi connectivity index (χ2v) is 7.10. The van der Waals surface area contributed by atoms with E-state index in [0.717, 1.165) is 28.6 Å². The van der Waals surface area contributed by atoms with Gasteiger partial charge in [0.1, 0.15) is 0 Å². The maximum absolute atomic E-state index is 12.4. The predicted molar refractivity (Wildman–Crippen MR) is 94.1 cm³/mol. The van der Waals surface area contributed by atoms with E-state index in [2.05, 4.69) is 28.7 Å². The van der Waals surface area contributed by atoms with Crippen LogP contribution >= 0.6 is 11.3 Å². The molecule has 2 aromatic heterocycles. The highest BCUT2D eigenvalue weighted by Crippen LogP contribution is 2.28. The number of carbonyl (C=O) groups is 1. The van der Waals surface area contributed by atoms with Crippen LogP contribution < -0.4 is 5.32 Å². The minimum absolute atomic E-state index is 0.0599. The highest BCUT2D eigenvalue weighted by Gasteiger charge is 2.20. The molecular formula is C17H25N3O2S. The standard InChI is InChI=1S/C17H25N3O2S/c1-11(2)9-20-12(3)14(17(21)18-6-7-22-5)8-16(20)15-10-23-13(4)19-15/h8,10-11H,6-7,9H2,1-5H3,(H,18,21). The highest BCUT2D eigenvalue weighted by molar-refractivity contribution is 7.09. The van der Waals surface area contributed by atoms with Crippen LogP contribution in [0.3, 0.4) is 0 Å². The molecule has 0 saturated heterocycles. The molecule has 0 aliphatic carbocycles. The Balaban J connectivity index is 2.37. The molecule has 0 fully saturated rings. The first-order valence-corrected chi connectivity index (χ1v) is 8.71. The molecule has 5 nitrogen and oxygen atoms in total. The molecule has 0 saturated carbocycles. The number of aryl methyl sites for hydroxylation is 1. The molecule has 0 spiro atoms. The van der Waals surface area contributed by atoms with Crippen LogP contribution in [-0.2, 0) is 11.3 Å². The van der Waals surface area contributed by atoms with Crippen molar-refractivity contribution in [3.05, 3.63) is 27.7 Å². The third kappa shape index (κ3) is 4.20. The van der Waals surface area contributed by atoms with Gasteiger partial charge in [0.25, 0.3) is 5.91 Å². The average molecular weight is 335 g/mol. The molecule has 1 N–H and O–H groups in total. The number of aromatic nitrogens is 2. The van der Waals surface area contributed by atoms with Gasteiger partial charge in [-0.05, 0) is 25.8 Å². The molecule has 0 unspecified atom stereocenters. The Kier molecular flexibility index (Phi) is 5.96. The van der Waals surface area contributed by atoms with Gasteiger partial charge in [0, 0.05) is 31.3 Å². The molecule has 126 valence electrons. The molecule has 0 atom stereocenters. The lowest BCUT2D eigenvalue weighted by molar-refractivity contribution is 0.0936. The van der Waals surface area contributed by atoms with Gasteiger partial charge in [0.15, 0.2) is 0 Å². The number of nitrogens with one attached hydrogen (secondary N) is 1. The number of rotatable bonds is 7. The van der Waals surface area contributed by atoms with Crippen LogP contribution in [0.2, 0.25) is 0 Å². The van der Waals surface area contributed by atoms with Crippen LogP contribution in [0.15, 0.2) is 11.4 Å². The number of amides is 1. The van der Waals surface area contributed by atoms with Crippen molar-refractivity contribution in [1.29, 1.82) is 0 Å². The summed E-state index contributed by atoms with van der Waals surface area (Å²) in [7, 11) is 1.62. The maximum Gasteiger partial charge on any atom is 0.253 e. The van der Waals surface area contributed by atoms with Crippen molar-refractivity contribution < 1.29 is 9.53 Å². The van der Waals surface area contributed by atoms with E-state index in [-0.39, 0.29) is 5.91 Å². The Bertz CT molecular complexity index is 673. The van der Waals surface area contributed by atoms with E-state index in [1.807, 2.05) is 25.3 Å². The van der Waals surface area contributed by atoms with Gasteiger partial charge >= 0.3 is 0 Å². The summed E-state index contributed by atoms with van der Waals surface area (Å²) in [4.78, 5) is 17.0. The van der Waals surface area contributed by atoms with Gasteiger partial charge in [0.05, 0.1) is 28.6 Å². The first-order valence-electron chi connectivity index (χ1n) is 7.83. The van der Waals surface area contributed by atoms with Crippen LogP contribution in [0.4, 0.5) is 0 Å². The number of ether oxygens (including phenoxy) is 1. The summed E-state index contributed by atoms with van der Waals surface area (Å²) >= 11 is 1.63. The van der Waals surface area contributed by atoms with Gasteiger partial charge in [-0.2, -0.15) is 0 Å². The highest BCUT2D eigenvalue weighted by atomic mass is 32.1. The molecule has 0 bridgehead atoms. The Hall–Kier alpha value is -1.66. The second-order valence-electron chi connectivity index (χ2n) is 6.03. The zero-order valence-corrected chi connectivity index (χ0v) is 15.3. The Morgan fingerprint density at radius 3 is 2.74 bits per heavy atom. The van der Waals surface area contributed by atoms with Gasteiger partial charge in [-0.3, -0.25) is 4.79 Å². The van der Waals surface area contributed by atoms with Gasteiger partial charge in [-0.15, -0.1) is 11.3 Å². The molecular weight excluding hydrogens is 310 g/mol. The Labute approximate surface area is 141 Å². The first-order chi connectivity index (χ1) is 10.9.